The maximum absolute atomic E-state index is 12.1. The molecular formula is C15H16BrN3O2. The summed E-state index contributed by atoms with van der Waals surface area (Å²) in [6.07, 6.45) is 2.00. The molecule has 0 spiro atoms. The summed E-state index contributed by atoms with van der Waals surface area (Å²) in [5.74, 6) is 1.37. The molecule has 0 N–H and O–H groups in total. The van der Waals surface area contributed by atoms with Crippen LogP contribution in [0.4, 0.5) is 0 Å². The predicted octanol–water partition coefficient (Wildman–Crippen LogP) is 3.26. The van der Waals surface area contributed by atoms with Crippen LogP contribution in [-0.2, 0) is 17.8 Å². The highest BCUT2D eigenvalue weighted by atomic mass is 79.9. The summed E-state index contributed by atoms with van der Waals surface area (Å²) in [7, 11) is 0. The molecule has 1 aromatic heterocycles. The molecule has 1 saturated heterocycles. The van der Waals surface area contributed by atoms with Gasteiger partial charge in [-0.3, -0.25) is 4.79 Å². The van der Waals surface area contributed by atoms with E-state index in [0.29, 0.717) is 24.7 Å². The summed E-state index contributed by atoms with van der Waals surface area (Å²) in [6, 6.07) is 7.87. The third kappa shape index (κ3) is 3.00. The van der Waals surface area contributed by atoms with Gasteiger partial charge in [-0.2, -0.15) is 4.98 Å². The minimum absolute atomic E-state index is 0.107. The highest BCUT2D eigenvalue weighted by molar-refractivity contribution is 9.10. The molecule has 6 heteroatoms. The van der Waals surface area contributed by atoms with Gasteiger partial charge in [-0.15, -0.1) is 0 Å². The smallest absolute Gasteiger partial charge is 0.249 e. The second-order valence-corrected chi connectivity index (χ2v) is 6.02. The minimum atomic E-state index is -0.107. The zero-order valence-corrected chi connectivity index (χ0v) is 13.3. The van der Waals surface area contributed by atoms with Crippen molar-refractivity contribution in [3.05, 3.63) is 46.0 Å². The van der Waals surface area contributed by atoms with Gasteiger partial charge < -0.3 is 9.42 Å². The maximum Gasteiger partial charge on any atom is 0.249 e. The van der Waals surface area contributed by atoms with E-state index in [1.54, 1.807) is 0 Å². The molecule has 5 nitrogen and oxygen atoms in total. The van der Waals surface area contributed by atoms with Crippen LogP contribution in [0.3, 0.4) is 0 Å². The second-order valence-electron chi connectivity index (χ2n) is 5.11. The number of aryl methyl sites for hydroxylation is 1. The van der Waals surface area contributed by atoms with E-state index in [-0.39, 0.29) is 11.9 Å². The fraction of sp³-hybridized carbons (Fsp3) is 0.400. The number of hydrogen-bond acceptors (Lipinski definition) is 4. The molecule has 1 aliphatic heterocycles. The number of hydrogen-bond donors (Lipinski definition) is 0. The molecule has 2 heterocycles. The average molecular weight is 350 g/mol. The zero-order chi connectivity index (χ0) is 14.8. The fourth-order valence-electron chi connectivity index (χ4n) is 2.57. The molecule has 110 valence electrons. The van der Waals surface area contributed by atoms with Crippen molar-refractivity contribution in [1.29, 1.82) is 0 Å². The molecule has 1 aromatic carbocycles. The Morgan fingerprint density at radius 3 is 3.05 bits per heavy atom. The van der Waals surface area contributed by atoms with E-state index in [1.807, 2.05) is 36.1 Å². The normalized spacial score (nSPS) is 18.5. The summed E-state index contributed by atoms with van der Waals surface area (Å²) in [6.45, 7) is 2.54. The molecule has 1 amide bonds. The number of halogens is 1. The van der Waals surface area contributed by atoms with Crippen molar-refractivity contribution in [3.8, 4) is 0 Å². The topological polar surface area (TPSA) is 59.2 Å². The first-order valence-corrected chi connectivity index (χ1v) is 7.83. The fourth-order valence-corrected chi connectivity index (χ4v) is 3.01. The molecule has 0 bridgehead atoms. The van der Waals surface area contributed by atoms with Crippen LogP contribution in [0.25, 0.3) is 0 Å². The van der Waals surface area contributed by atoms with Crippen molar-refractivity contribution in [2.45, 2.75) is 38.8 Å². The number of benzene rings is 1. The molecule has 1 fully saturated rings. The maximum atomic E-state index is 12.1. The van der Waals surface area contributed by atoms with E-state index in [1.165, 1.54) is 0 Å². The standard InChI is InChI=1S/C15H16BrN3O2/c1-2-13-17-15(21-18-13)12-6-7-14(20)19(12)9-10-4-3-5-11(16)8-10/h3-5,8,12H,2,6-7,9H2,1H3. The monoisotopic (exact) mass is 349 g/mol. The van der Waals surface area contributed by atoms with Gasteiger partial charge in [-0.25, -0.2) is 0 Å². The van der Waals surface area contributed by atoms with Crippen LogP contribution >= 0.6 is 15.9 Å². The van der Waals surface area contributed by atoms with Gasteiger partial charge in [0, 0.05) is 23.9 Å². The van der Waals surface area contributed by atoms with Gasteiger partial charge >= 0.3 is 0 Å². The van der Waals surface area contributed by atoms with E-state index in [0.717, 1.165) is 22.9 Å². The third-order valence-corrected chi connectivity index (χ3v) is 4.15. The Morgan fingerprint density at radius 2 is 2.33 bits per heavy atom. The first-order chi connectivity index (χ1) is 10.2. The molecule has 1 unspecified atom stereocenters. The predicted molar refractivity (Wildman–Crippen MR) is 80.3 cm³/mol. The van der Waals surface area contributed by atoms with Gasteiger partial charge in [0.1, 0.15) is 6.04 Å². The van der Waals surface area contributed by atoms with E-state index in [4.69, 9.17) is 4.52 Å². The molecule has 21 heavy (non-hydrogen) atoms. The third-order valence-electron chi connectivity index (χ3n) is 3.66. The molecule has 0 radical (unpaired) electrons. The highest BCUT2D eigenvalue weighted by Gasteiger charge is 2.35. The molecular weight excluding hydrogens is 334 g/mol. The van der Waals surface area contributed by atoms with E-state index < -0.39 is 0 Å². The van der Waals surface area contributed by atoms with Gasteiger partial charge in [0.2, 0.25) is 11.8 Å². The number of rotatable bonds is 4. The van der Waals surface area contributed by atoms with Crippen molar-refractivity contribution in [2.75, 3.05) is 0 Å². The van der Waals surface area contributed by atoms with Crippen molar-refractivity contribution in [1.82, 2.24) is 15.0 Å². The van der Waals surface area contributed by atoms with Gasteiger partial charge in [0.25, 0.3) is 0 Å². The van der Waals surface area contributed by atoms with Crippen molar-refractivity contribution < 1.29 is 9.32 Å². The average Bonchev–Trinajstić information content (AvgIpc) is 3.07. The number of carbonyl (C=O) groups excluding carboxylic acids is 1. The van der Waals surface area contributed by atoms with Crippen LogP contribution in [0.5, 0.6) is 0 Å². The first-order valence-electron chi connectivity index (χ1n) is 7.03. The second kappa shape index (κ2) is 5.97. The van der Waals surface area contributed by atoms with Crippen LogP contribution in [0.2, 0.25) is 0 Å². The lowest BCUT2D eigenvalue weighted by molar-refractivity contribution is -0.129. The van der Waals surface area contributed by atoms with Crippen LogP contribution in [-0.4, -0.2) is 20.9 Å². The van der Waals surface area contributed by atoms with E-state index >= 15 is 0 Å². The summed E-state index contributed by atoms with van der Waals surface area (Å²) < 4.78 is 6.32. The lowest BCUT2D eigenvalue weighted by Crippen LogP contribution is -2.27. The molecule has 3 rings (SSSR count). The quantitative estimate of drug-likeness (QED) is 0.849. The van der Waals surface area contributed by atoms with Crippen LogP contribution in [0.1, 0.15) is 43.1 Å². The Balaban J connectivity index is 1.82. The van der Waals surface area contributed by atoms with Crippen molar-refractivity contribution in [2.24, 2.45) is 0 Å². The van der Waals surface area contributed by atoms with Gasteiger partial charge in [-0.05, 0) is 24.1 Å². The SMILES string of the molecule is CCc1noc(C2CCC(=O)N2Cc2cccc(Br)c2)n1. The van der Waals surface area contributed by atoms with Gasteiger partial charge in [0.05, 0.1) is 0 Å². The molecule has 1 aliphatic rings. The molecule has 1 atom stereocenters. The summed E-state index contributed by atoms with van der Waals surface area (Å²) in [4.78, 5) is 18.3. The van der Waals surface area contributed by atoms with Crippen LogP contribution < -0.4 is 0 Å². The largest absolute Gasteiger partial charge is 0.337 e. The zero-order valence-electron chi connectivity index (χ0n) is 11.8. The lowest BCUT2D eigenvalue weighted by Gasteiger charge is -2.22. The van der Waals surface area contributed by atoms with Crippen molar-refractivity contribution in [3.63, 3.8) is 0 Å². The molecule has 2 aromatic rings. The number of aromatic nitrogens is 2. The summed E-state index contributed by atoms with van der Waals surface area (Å²) in [5, 5.41) is 3.93. The Kier molecular flexibility index (Phi) is 4.05. The van der Waals surface area contributed by atoms with Crippen LogP contribution in [0.15, 0.2) is 33.3 Å². The first kappa shape index (κ1) is 14.3. The number of amides is 1. The molecule has 0 aliphatic carbocycles. The lowest BCUT2D eigenvalue weighted by atomic mass is 10.2. The number of nitrogens with zero attached hydrogens (tertiary/aromatic N) is 3. The Hall–Kier alpha value is -1.69. The Labute approximate surface area is 131 Å². The van der Waals surface area contributed by atoms with Crippen molar-refractivity contribution >= 4 is 21.8 Å². The molecule has 0 saturated carbocycles. The van der Waals surface area contributed by atoms with Gasteiger partial charge in [-0.1, -0.05) is 40.1 Å². The number of carbonyl (C=O) groups is 1. The highest BCUT2D eigenvalue weighted by Crippen LogP contribution is 2.33. The Bertz CT molecular complexity index is 656. The van der Waals surface area contributed by atoms with Gasteiger partial charge in [0.15, 0.2) is 5.82 Å². The van der Waals surface area contributed by atoms with E-state index in [9.17, 15) is 4.79 Å². The summed E-state index contributed by atoms with van der Waals surface area (Å²) in [5.41, 5.74) is 1.08. The van der Waals surface area contributed by atoms with E-state index in [2.05, 4.69) is 26.1 Å². The minimum Gasteiger partial charge on any atom is -0.337 e. The van der Waals surface area contributed by atoms with Crippen LogP contribution in [0, 0.1) is 0 Å². The summed E-state index contributed by atoms with van der Waals surface area (Å²) >= 11 is 3.46. The Morgan fingerprint density at radius 1 is 1.48 bits per heavy atom. The number of likely N-dealkylation sites (tertiary alicyclic amines) is 1.